The number of aromatic nitrogens is 2. The number of hydrogen-bond acceptors (Lipinski definition) is 23. The van der Waals surface area contributed by atoms with Crippen molar-refractivity contribution in [3.05, 3.63) is 48.0 Å². The van der Waals surface area contributed by atoms with Crippen LogP contribution in [0.5, 0.6) is 5.75 Å². The maximum atomic E-state index is 14.8. The molecule has 0 saturated carbocycles. The van der Waals surface area contributed by atoms with Crippen LogP contribution in [0.15, 0.2) is 41.8 Å². The molecule has 2 aromatic rings. The van der Waals surface area contributed by atoms with Crippen LogP contribution in [0.2, 0.25) is 0 Å². The maximum Gasteiger partial charge on any atom is 0.490 e. The number of rotatable bonds is 56. The zero-order chi connectivity index (χ0) is 95.6. The molecule has 0 saturated heterocycles. The number of unbranched alkanes of at least 4 members (excludes halogenated alkanes) is 2. The number of aliphatic carboxylic acids is 2. The van der Waals surface area contributed by atoms with Gasteiger partial charge in [0.15, 0.2) is 5.96 Å². The number of benzene rings is 1. The Morgan fingerprint density at radius 2 is 0.920 bits per heavy atom. The Bertz CT molecular complexity index is 3990. The Morgan fingerprint density at radius 3 is 1.36 bits per heavy atom. The Kier molecular flexibility index (Phi) is 48.1. The second-order valence-electron chi connectivity index (χ2n) is 32.0. The standard InChI is InChI=1S/C76H127N23O19.C2HF3O2/c1-13-15-19-46(90-68(113)53(34-39(3)4)94-66(111)50(27-30-56(79)102)92-70(115)59(41(7)14-2)97-67(112)51(28-31-57(103)104)96-73(118)76(11,12)99-71(116)58(40(5)6)98-72(117)75(9,10)83)64(109)95-54(36-44-37-84-38-86-44)69(114)91-49(26-29-55(78)101)65(110)89-48(21-18-33-85-74(81)82)62(107)87-42(8)61(106)88-47(20-16-17-32-77)63(108)93-52(60(80)105)35-43-22-24-45(100)25-23-43;3-2(4,5)1(6)7/h22-25,37-42,46-54,58-59,100H,13-21,26-36,77,83H2,1-12H3,(H2,78,101)(H2,79,102)(H2,80,105)(H,84,86)(H,87,107)(H,88,106)(H,89,110)(H,90,113)(H,91,114)(H,92,115)(H,93,108)(H,94,111)(H,95,109)(H,96,118)(H,97,112)(H,98,117)(H,99,116)(H,103,104)(H4,81,82,85);(H,6,7)/t41-,42-,46-,47-,48-,49-,50-,51-,52-,53-,54-,58-,59-;/m0./s1. The van der Waals surface area contributed by atoms with E-state index in [0.29, 0.717) is 31.2 Å². The van der Waals surface area contributed by atoms with E-state index in [0.717, 1.165) is 0 Å². The molecule has 125 heavy (non-hydrogen) atoms. The van der Waals surface area contributed by atoms with Crippen LogP contribution >= 0.6 is 0 Å². The van der Waals surface area contributed by atoms with Gasteiger partial charge in [0.25, 0.3) is 0 Å². The number of aliphatic imine (C=N–C) groups is 1. The minimum Gasteiger partial charge on any atom is -0.508 e. The molecule has 0 radical (unpaired) electrons. The van der Waals surface area contributed by atoms with E-state index in [1.807, 2.05) is 0 Å². The van der Waals surface area contributed by atoms with Crippen LogP contribution in [0.4, 0.5) is 13.2 Å². The van der Waals surface area contributed by atoms with Crippen LogP contribution < -0.4 is 109 Å². The van der Waals surface area contributed by atoms with Gasteiger partial charge in [-0.25, -0.2) is 9.78 Å². The topological polar surface area (TPSA) is 748 Å². The van der Waals surface area contributed by atoms with Crippen LogP contribution in [0.3, 0.4) is 0 Å². The SMILES string of the molecule is CCCC[C@H](NC(=O)[C@H](CC(C)C)NC(=O)[C@H](CCC(N)=O)NC(=O)[C@@H](NC(=O)[C@H](CCC(=O)O)NC(=O)C(C)(C)NC(=O)[C@@H](NC(=O)C(C)(C)N)C(C)C)[C@@H](C)CC)C(=O)N[C@@H](Cc1cnc[nH]1)C(=O)N[C@@H](CCC(N)=O)C(=O)N[C@@H](CCCN=C(N)N)C(=O)N[C@@H](C)C(=O)N[C@@H](CCCCN)C(=O)N[C@@H](Cc1ccc(O)cc1)C(N)=O.O=C(O)C(F)(F)F. The van der Waals surface area contributed by atoms with Crippen molar-refractivity contribution in [1.82, 2.24) is 79.1 Å². The number of phenolic OH excluding ortho intramolecular Hbond substituents is 1. The quantitative estimate of drug-likeness (QED) is 0.0171. The number of hydrogen-bond donors (Lipinski definition) is 24. The number of nitrogens with zero attached hydrogens (tertiary/aromatic N) is 2. The molecule has 47 heteroatoms. The number of phenols is 1. The van der Waals surface area contributed by atoms with Gasteiger partial charge in [-0.2, -0.15) is 13.2 Å². The molecule has 1 aromatic carbocycles. The van der Waals surface area contributed by atoms with E-state index in [9.17, 15) is 105 Å². The molecule has 0 unspecified atom stereocenters. The number of carboxylic acid groups (broad SMARTS) is 2. The number of carbonyl (C=O) groups is 18. The molecule has 702 valence electrons. The molecule has 44 nitrogen and oxygen atoms in total. The maximum absolute atomic E-state index is 14.8. The van der Waals surface area contributed by atoms with Crippen molar-refractivity contribution >= 4 is 112 Å². The molecule has 2 rings (SSSR count). The van der Waals surface area contributed by atoms with E-state index in [4.69, 9.17) is 50.0 Å². The van der Waals surface area contributed by atoms with Crippen molar-refractivity contribution in [3.63, 3.8) is 0 Å². The highest BCUT2D eigenvalue weighted by Gasteiger charge is 2.42. The summed E-state index contributed by atoms with van der Waals surface area (Å²) in [5, 5.41) is 60.0. The summed E-state index contributed by atoms with van der Waals surface area (Å²) in [4.78, 5) is 254. The predicted octanol–water partition coefficient (Wildman–Crippen LogP) is -3.99. The number of primary amides is 3. The van der Waals surface area contributed by atoms with Gasteiger partial charge in [0.2, 0.25) is 94.5 Å². The summed E-state index contributed by atoms with van der Waals surface area (Å²) in [5.74, 6) is -21.0. The number of carbonyl (C=O) groups excluding carboxylic acids is 16. The largest absolute Gasteiger partial charge is 0.508 e. The second kappa shape index (κ2) is 54.3. The molecule has 1 heterocycles. The zero-order valence-corrected chi connectivity index (χ0v) is 72.5. The summed E-state index contributed by atoms with van der Waals surface area (Å²) in [6.07, 6.45) is -4.69. The van der Waals surface area contributed by atoms with Crippen molar-refractivity contribution in [1.29, 1.82) is 0 Å². The molecule has 16 amide bonds. The number of nitrogens with one attached hydrogen (secondary N) is 14. The predicted molar refractivity (Wildman–Crippen MR) is 446 cm³/mol. The molecular weight excluding hydrogens is 1650 g/mol. The normalized spacial score (nSPS) is 14.5. The number of imidazole rings is 1. The fraction of sp³-hybridized carbons (Fsp3) is 0.641. The third-order valence-electron chi connectivity index (χ3n) is 19.1. The first-order chi connectivity index (χ1) is 58.1. The number of amides is 16. The Balaban J connectivity index is 0.0000107. The number of H-pyrrole nitrogens is 1. The van der Waals surface area contributed by atoms with E-state index < -0.39 is 247 Å². The van der Waals surface area contributed by atoms with E-state index in [2.05, 4.69) is 84.1 Å². The summed E-state index contributed by atoms with van der Waals surface area (Å²) in [5.41, 5.74) is 37.2. The van der Waals surface area contributed by atoms with Crippen molar-refractivity contribution in [2.45, 2.75) is 288 Å². The highest BCUT2D eigenvalue weighted by molar-refractivity contribution is 6.01. The molecule has 0 aliphatic carbocycles. The van der Waals surface area contributed by atoms with E-state index >= 15 is 0 Å². The van der Waals surface area contributed by atoms with Gasteiger partial charge in [0, 0.05) is 50.5 Å². The van der Waals surface area contributed by atoms with Crippen molar-refractivity contribution in [2.75, 3.05) is 13.1 Å². The lowest BCUT2D eigenvalue weighted by Gasteiger charge is -2.32. The third kappa shape index (κ3) is 43.0. The molecule has 1 aromatic heterocycles. The molecule has 0 aliphatic heterocycles. The second-order valence-corrected chi connectivity index (χ2v) is 32.0. The number of aromatic amines is 1. The molecule has 0 aliphatic rings. The van der Waals surface area contributed by atoms with Crippen molar-refractivity contribution < 1.29 is 115 Å². The third-order valence-corrected chi connectivity index (χ3v) is 19.1. The lowest BCUT2D eigenvalue weighted by Crippen LogP contribution is -2.64. The first-order valence-electron chi connectivity index (χ1n) is 40.7. The van der Waals surface area contributed by atoms with Crippen LogP contribution in [-0.2, 0) is 99.1 Å². The Hall–Kier alpha value is -12.3. The minimum absolute atomic E-state index is 0.0281. The van der Waals surface area contributed by atoms with Crippen LogP contribution in [0.1, 0.15) is 197 Å². The number of halogens is 3. The summed E-state index contributed by atoms with van der Waals surface area (Å²) in [6, 6.07) is -12.0. The van der Waals surface area contributed by atoms with Crippen LogP contribution in [0.25, 0.3) is 0 Å². The average Bonchev–Trinajstić information content (AvgIpc) is 1.17. The van der Waals surface area contributed by atoms with Crippen LogP contribution in [0, 0.1) is 17.8 Å². The first-order valence-corrected chi connectivity index (χ1v) is 40.7. The van der Waals surface area contributed by atoms with Gasteiger partial charge in [-0.1, -0.05) is 79.9 Å². The monoisotopic (exact) mass is 1780 g/mol. The zero-order valence-electron chi connectivity index (χ0n) is 72.5. The van der Waals surface area contributed by atoms with Crippen LogP contribution in [-0.4, -0.2) is 241 Å². The van der Waals surface area contributed by atoms with E-state index in [1.165, 1.54) is 71.4 Å². The van der Waals surface area contributed by atoms with E-state index in [1.54, 1.807) is 48.5 Å². The molecule has 0 spiro atoms. The fourth-order valence-electron chi connectivity index (χ4n) is 11.6. The fourth-order valence-corrected chi connectivity index (χ4v) is 11.6. The van der Waals surface area contributed by atoms with Gasteiger partial charge in [-0.05, 0) is 141 Å². The summed E-state index contributed by atoms with van der Waals surface area (Å²) in [7, 11) is 0. The molecule has 31 N–H and O–H groups in total. The highest BCUT2D eigenvalue weighted by Crippen LogP contribution is 2.19. The average molecular weight is 1780 g/mol. The number of carboxylic acids is 2. The van der Waals surface area contributed by atoms with Gasteiger partial charge in [-0.15, -0.1) is 0 Å². The number of aromatic hydroxyl groups is 1. The van der Waals surface area contributed by atoms with Gasteiger partial charge in [0.1, 0.15) is 83.8 Å². The van der Waals surface area contributed by atoms with Gasteiger partial charge < -0.3 is 130 Å². The summed E-state index contributed by atoms with van der Waals surface area (Å²) >= 11 is 0. The minimum atomic E-state index is -5.08. The summed E-state index contributed by atoms with van der Waals surface area (Å²) in [6.45, 7) is 18.6. The molecule has 0 fully saturated rings. The van der Waals surface area contributed by atoms with Gasteiger partial charge in [0.05, 0.1) is 11.9 Å². The van der Waals surface area contributed by atoms with Gasteiger partial charge >= 0.3 is 18.1 Å². The van der Waals surface area contributed by atoms with Crippen molar-refractivity contribution in [3.8, 4) is 5.75 Å². The number of alkyl halides is 3. The molecule has 0 bridgehead atoms. The lowest BCUT2D eigenvalue weighted by atomic mass is 9.96. The Labute approximate surface area is 721 Å². The smallest absolute Gasteiger partial charge is 0.490 e. The number of guanidine groups is 1. The van der Waals surface area contributed by atoms with Crippen molar-refractivity contribution in [2.24, 2.45) is 62.9 Å². The first kappa shape index (κ1) is 111. The van der Waals surface area contributed by atoms with E-state index in [-0.39, 0.29) is 87.8 Å². The molecule has 13 atom stereocenters. The van der Waals surface area contributed by atoms with Gasteiger partial charge in [-0.3, -0.25) is 86.5 Å². The Morgan fingerprint density at radius 1 is 0.488 bits per heavy atom. The summed E-state index contributed by atoms with van der Waals surface area (Å²) < 4.78 is 31.7. The molecular formula is C78H128F3N23O21. The lowest BCUT2D eigenvalue weighted by molar-refractivity contribution is -0.192. The highest BCUT2D eigenvalue weighted by atomic mass is 19.4. The number of nitrogens with two attached hydrogens (primary N) is 7.